The Balaban J connectivity index is 2.08. The molecule has 0 aliphatic rings. The largest absolute Gasteiger partial charge is 0.417 e. The van der Waals surface area contributed by atoms with Crippen LogP contribution in [0.5, 0.6) is 5.75 Å². The fourth-order valence-electron chi connectivity index (χ4n) is 1.86. The molecule has 4 heteroatoms. The molecule has 2 rings (SSSR count). The maximum atomic E-state index is 11.9. The molecule has 0 fully saturated rings. The predicted octanol–water partition coefficient (Wildman–Crippen LogP) is 5.38. The van der Waals surface area contributed by atoms with Crippen molar-refractivity contribution in [2.75, 3.05) is 5.32 Å². The van der Waals surface area contributed by atoms with E-state index < -0.39 is 6.09 Å². The molecule has 1 N–H and O–H groups in total. The van der Waals surface area contributed by atoms with E-state index in [0.29, 0.717) is 22.4 Å². The van der Waals surface area contributed by atoms with Crippen molar-refractivity contribution >= 4 is 23.4 Å². The SMILES string of the molecule is Cc1ccc(C(C)C)cc1OC(=O)Nc1ccc(Cl)cc1. The molecule has 21 heavy (non-hydrogen) atoms. The Morgan fingerprint density at radius 1 is 1.14 bits per heavy atom. The van der Waals surface area contributed by atoms with Crippen molar-refractivity contribution in [2.45, 2.75) is 26.7 Å². The second-order valence-corrected chi connectivity index (χ2v) is 5.64. The molecule has 1 amide bonds. The van der Waals surface area contributed by atoms with Crippen molar-refractivity contribution < 1.29 is 9.53 Å². The van der Waals surface area contributed by atoms with Gasteiger partial charge in [0.2, 0.25) is 0 Å². The highest BCUT2D eigenvalue weighted by Crippen LogP contribution is 2.24. The smallest absolute Gasteiger partial charge is 0.410 e. The molecule has 0 saturated carbocycles. The molecule has 0 heterocycles. The van der Waals surface area contributed by atoms with Crippen LogP contribution in [0, 0.1) is 6.92 Å². The van der Waals surface area contributed by atoms with Gasteiger partial charge in [-0.05, 0) is 54.3 Å². The lowest BCUT2D eigenvalue weighted by Crippen LogP contribution is -2.17. The van der Waals surface area contributed by atoms with Crippen LogP contribution in [0.3, 0.4) is 0 Å². The molecule has 0 aliphatic carbocycles. The zero-order valence-electron chi connectivity index (χ0n) is 12.3. The van der Waals surface area contributed by atoms with Gasteiger partial charge < -0.3 is 4.74 Å². The number of amides is 1. The molecule has 0 aliphatic heterocycles. The molecule has 0 saturated heterocycles. The third-order valence-electron chi connectivity index (χ3n) is 3.17. The van der Waals surface area contributed by atoms with Crippen molar-refractivity contribution in [2.24, 2.45) is 0 Å². The first-order chi connectivity index (χ1) is 9.95. The first-order valence-electron chi connectivity index (χ1n) is 6.80. The molecule has 110 valence electrons. The summed E-state index contributed by atoms with van der Waals surface area (Å²) in [7, 11) is 0. The number of nitrogens with one attached hydrogen (secondary N) is 1. The standard InChI is InChI=1S/C17H18ClNO2/c1-11(2)13-5-4-12(3)16(10-13)21-17(20)19-15-8-6-14(18)7-9-15/h4-11H,1-3H3,(H,19,20). The van der Waals surface area contributed by atoms with E-state index in [0.717, 1.165) is 11.1 Å². The normalized spacial score (nSPS) is 10.5. The molecule has 2 aromatic rings. The van der Waals surface area contributed by atoms with E-state index in [-0.39, 0.29) is 0 Å². The molecule has 0 aromatic heterocycles. The topological polar surface area (TPSA) is 38.3 Å². The van der Waals surface area contributed by atoms with Gasteiger partial charge in [0, 0.05) is 10.7 Å². The van der Waals surface area contributed by atoms with Crippen LogP contribution in [0.15, 0.2) is 42.5 Å². The molecule has 3 nitrogen and oxygen atoms in total. The molecular formula is C17H18ClNO2. The lowest BCUT2D eigenvalue weighted by molar-refractivity contribution is 0.215. The Bertz CT molecular complexity index is 636. The van der Waals surface area contributed by atoms with Crippen molar-refractivity contribution in [1.82, 2.24) is 0 Å². The predicted molar refractivity (Wildman–Crippen MR) is 86.4 cm³/mol. The summed E-state index contributed by atoms with van der Waals surface area (Å²) in [6, 6.07) is 12.8. The summed E-state index contributed by atoms with van der Waals surface area (Å²) in [5.74, 6) is 0.958. The molecule has 0 unspecified atom stereocenters. The summed E-state index contributed by atoms with van der Waals surface area (Å²) in [4.78, 5) is 11.9. The van der Waals surface area contributed by atoms with E-state index in [1.807, 2.05) is 25.1 Å². The summed E-state index contributed by atoms with van der Waals surface area (Å²) < 4.78 is 5.39. The lowest BCUT2D eigenvalue weighted by Gasteiger charge is -2.12. The van der Waals surface area contributed by atoms with Crippen LogP contribution in [0.1, 0.15) is 30.9 Å². The zero-order chi connectivity index (χ0) is 15.4. The van der Waals surface area contributed by atoms with E-state index >= 15 is 0 Å². The maximum Gasteiger partial charge on any atom is 0.417 e. The number of ether oxygens (including phenoxy) is 1. The minimum absolute atomic E-state index is 0.382. The molecule has 0 bridgehead atoms. The Morgan fingerprint density at radius 2 is 1.81 bits per heavy atom. The van der Waals surface area contributed by atoms with E-state index in [4.69, 9.17) is 16.3 Å². The van der Waals surface area contributed by atoms with E-state index in [1.165, 1.54) is 0 Å². The van der Waals surface area contributed by atoms with Gasteiger partial charge in [0.15, 0.2) is 0 Å². The summed E-state index contributed by atoms with van der Waals surface area (Å²) in [6.45, 7) is 6.11. The van der Waals surface area contributed by atoms with Crippen molar-refractivity contribution in [3.05, 3.63) is 58.6 Å². The van der Waals surface area contributed by atoms with Crippen molar-refractivity contribution in [3.63, 3.8) is 0 Å². The van der Waals surface area contributed by atoms with Gasteiger partial charge in [0.25, 0.3) is 0 Å². The number of carbonyl (C=O) groups is 1. The summed E-state index contributed by atoms with van der Waals surface area (Å²) >= 11 is 5.80. The Morgan fingerprint density at radius 3 is 2.43 bits per heavy atom. The highest BCUT2D eigenvalue weighted by atomic mass is 35.5. The van der Waals surface area contributed by atoms with Crippen LogP contribution in [0.2, 0.25) is 5.02 Å². The Kier molecular flexibility index (Phi) is 4.86. The number of benzene rings is 2. The average molecular weight is 304 g/mol. The fourth-order valence-corrected chi connectivity index (χ4v) is 1.99. The number of anilines is 1. The lowest BCUT2D eigenvalue weighted by atomic mass is 10.0. The third-order valence-corrected chi connectivity index (χ3v) is 3.42. The number of carbonyl (C=O) groups excluding carboxylic acids is 1. The van der Waals surface area contributed by atoms with Crippen LogP contribution in [0.4, 0.5) is 10.5 Å². The van der Waals surface area contributed by atoms with Crippen LogP contribution >= 0.6 is 11.6 Å². The third kappa shape index (κ3) is 4.23. The molecule has 0 atom stereocenters. The number of halogens is 1. The Hall–Kier alpha value is -2.00. The first kappa shape index (κ1) is 15.4. The molecule has 2 aromatic carbocycles. The van der Waals surface area contributed by atoms with Gasteiger partial charge in [-0.25, -0.2) is 4.79 Å². The minimum Gasteiger partial charge on any atom is -0.410 e. The highest BCUT2D eigenvalue weighted by Gasteiger charge is 2.10. The second-order valence-electron chi connectivity index (χ2n) is 5.20. The quantitative estimate of drug-likeness (QED) is 0.826. The highest BCUT2D eigenvalue weighted by molar-refractivity contribution is 6.30. The van der Waals surface area contributed by atoms with Crippen LogP contribution in [-0.4, -0.2) is 6.09 Å². The van der Waals surface area contributed by atoms with Crippen LogP contribution < -0.4 is 10.1 Å². The van der Waals surface area contributed by atoms with Crippen molar-refractivity contribution in [3.8, 4) is 5.75 Å². The average Bonchev–Trinajstić information content (AvgIpc) is 2.43. The summed E-state index contributed by atoms with van der Waals surface area (Å²) in [5, 5.41) is 3.29. The van der Waals surface area contributed by atoms with E-state index in [9.17, 15) is 4.79 Å². The van der Waals surface area contributed by atoms with Gasteiger partial charge in [0.1, 0.15) is 5.75 Å². The van der Waals surface area contributed by atoms with Gasteiger partial charge in [-0.2, -0.15) is 0 Å². The van der Waals surface area contributed by atoms with Crippen molar-refractivity contribution in [1.29, 1.82) is 0 Å². The van der Waals surface area contributed by atoms with Crippen LogP contribution in [-0.2, 0) is 0 Å². The zero-order valence-corrected chi connectivity index (χ0v) is 13.1. The number of hydrogen-bond acceptors (Lipinski definition) is 2. The summed E-state index contributed by atoms with van der Waals surface area (Å²) in [6.07, 6.45) is -0.513. The van der Waals surface area contributed by atoms with E-state index in [2.05, 4.69) is 19.2 Å². The molecular weight excluding hydrogens is 286 g/mol. The minimum atomic E-state index is -0.513. The van der Waals surface area contributed by atoms with Gasteiger partial charge in [0.05, 0.1) is 0 Å². The Labute approximate surface area is 129 Å². The second kappa shape index (κ2) is 6.64. The molecule has 0 spiro atoms. The van der Waals surface area contributed by atoms with Gasteiger partial charge in [-0.1, -0.05) is 37.6 Å². The fraction of sp³-hybridized carbons (Fsp3) is 0.235. The van der Waals surface area contributed by atoms with Gasteiger partial charge in [-0.3, -0.25) is 5.32 Å². The van der Waals surface area contributed by atoms with Gasteiger partial charge in [-0.15, -0.1) is 0 Å². The number of hydrogen-bond donors (Lipinski definition) is 1. The van der Waals surface area contributed by atoms with Crippen LogP contribution in [0.25, 0.3) is 0 Å². The number of aryl methyl sites for hydroxylation is 1. The summed E-state index contributed by atoms with van der Waals surface area (Å²) in [5.41, 5.74) is 2.70. The first-order valence-corrected chi connectivity index (χ1v) is 7.18. The maximum absolute atomic E-state index is 11.9. The monoisotopic (exact) mass is 303 g/mol. The van der Waals surface area contributed by atoms with E-state index in [1.54, 1.807) is 24.3 Å². The molecule has 0 radical (unpaired) electrons. The number of rotatable bonds is 3. The van der Waals surface area contributed by atoms with Gasteiger partial charge >= 0.3 is 6.09 Å².